The van der Waals surface area contributed by atoms with Crippen molar-refractivity contribution in [2.24, 2.45) is 0 Å². The van der Waals surface area contributed by atoms with Crippen molar-refractivity contribution in [3.8, 4) is 0 Å². The lowest BCUT2D eigenvalue weighted by Crippen LogP contribution is -2.64. The highest BCUT2D eigenvalue weighted by Gasteiger charge is 2.51. The maximum Gasteiger partial charge on any atom is 0.472 e. The molecule has 0 heterocycles. The van der Waals surface area contributed by atoms with Gasteiger partial charge >= 0.3 is 19.8 Å². The van der Waals surface area contributed by atoms with Crippen LogP contribution in [0.4, 0.5) is 0 Å². The lowest BCUT2D eigenvalue weighted by Gasteiger charge is -2.41. The van der Waals surface area contributed by atoms with E-state index in [1.54, 1.807) is 0 Å². The fourth-order valence-electron chi connectivity index (χ4n) is 8.52. The van der Waals surface area contributed by atoms with Gasteiger partial charge in [0, 0.05) is 12.8 Å². The SMILES string of the molecule is CCCCCCCCCC/C=C/CCCCCC(=O)OC[C@H](COP(=O)(O)OC1C(O)C(O)C(O)[C@@H](O)C1O)OC(=O)CCCCCCCCCCCCCCCCCCCCCCCC. The number of aliphatic hydroxyl groups excluding tert-OH is 5. The van der Waals surface area contributed by atoms with Crippen LogP contribution in [-0.2, 0) is 32.7 Å². The second-order valence-corrected chi connectivity index (χ2v) is 20.5. The van der Waals surface area contributed by atoms with Crippen LogP contribution < -0.4 is 0 Å². The zero-order valence-electron chi connectivity index (χ0n) is 41.8. The number of hydrogen-bond donors (Lipinski definition) is 6. The normalized spacial score (nSPS) is 21.3. The van der Waals surface area contributed by atoms with E-state index < -0.39 is 75.7 Å². The highest BCUT2D eigenvalue weighted by atomic mass is 31.2. The van der Waals surface area contributed by atoms with E-state index in [-0.39, 0.29) is 12.8 Å². The number of esters is 2. The summed E-state index contributed by atoms with van der Waals surface area (Å²) < 4.78 is 33.7. The third-order valence-corrected chi connectivity index (χ3v) is 13.8. The molecule has 0 amide bonds. The first-order valence-electron chi connectivity index (χ1n) is 27.0. The molecule has 0 aromatic heterocycles. The molecule has 13 nitrogen and oxygen atoms in total. The molecule has 0 aliphatic heterocycles. The van der Waals surface area contributed by atoms with Crippen LogP contribution in [0, 0.1) is 0 Å². The number of carbonyl (C=O) groups excluding carboxylic acids is 2. The Bertz CT molecular complexity index is 1200. The third kappa shape index (κ3) is 34.0. The van der Waals surface area contributed by atoms with Gasteiger partial charge < -0.3 is 39.9 Å². The molecule has 1 aliphatic carbocycles. The first-order valence-corrected chi connectivity index (χ1v) is 28.5. The van der Waals surface area contributed by atoms with Gasteiger partial charge in [-0.1, -0.05) is 212 Å². The summed E-state index contributed by atoms with van der Waals surface area (Å²) in [7, 11) is -5.12. The van der Waals surface area contributed by atoms with Crippen LogP contribution in [0.25, 0.3) is 0 Å². The topological polar surface area (TPSA) is 210 Å². The molecule has 14 heteroatoms. The van der Waals surface area contributed by atoms with Gasteiger partial charge in [0.05, 0.1) is 6.61 Å². The highest BCUT2D eigenvalue weighted by molar-refractivity contribution is 7.47. The van der Waals surface area contributed by atoms with E-state index in [1.807, 2.05) is 0 Å². The number of carbonyl (C=O) groups is 2. The molecule has 1 rings (SSSR count). The van der Waals surface area contributed by atoms with Gasteiger partial charge in [-0.3, -0.25) is 18.6 Å². The summed E-state index contributed by atoms with van der Waals surface area (Å²) in [6, 6.07) is 0. The molecule has 1 saturated carbocycles. The maximum atomic E-state index is 12.9. The van der Waals surface area contributed by atoms with Gasteiger partial charge in [-0.25, -0.2) is 4.57 Å². The molecule has 1 aliphatic rings. The van der Waals surface area contributed by atoms with Crippen LogP contribution in [0.1, 0.15) is 251 Å². The smallest absolute Gasteiger partial charge is 0.462 e. The van der Waals surface area contributed by atoms with Gasteiger partial charge in [0.2, 0.25) is 0 Å². The van der Waals surface area contributed by atoms with E-state index in [1.165, 1.54) is 167 Å². The average molecular weight is 963 g/mol. The predicted molar refractivity (Wildman–Crippen MR) is 263 cm³/mol. The second-order valence-electron chi connectivity index (χ2n) is 19.1. The van der Waals surface area contributed by atoms with E-state index in [0.29, 0.717) is 12.8 Å². The number of hydrogen-bond acceptors (Lipinski definition) is 12. The molecule has 66 heavy (non-hydrogen) atoms. The number of ether oxygens (including phenoxy) is 2. The Morgan fingerprint density at radius 1 is 0.455 bits per heavy atom. The van der Waals surface area contributed by atoms with E-state index in [2.05, 4.69) is 26.0 Å². The first kappa shape index (κ1) is 62.6. The molecular weight excluding hydrogens is 864 g/mol. The van der Waals surface area contributed by atoms with Crippen molar-refractivity contribution in [3.05, 3.63) is 12.2 Å². The Kier molecular flexibility index (Phi) is 40.3. The van der Waals surface area contributed by atoms with Crippen molar-refractivity contribution in [2.45, 2.75) is 294 Å². The molecular formula is C52H99O13P. The standard InChI is InChI=1S/C52H99O13P/c1-3-5-7-9-11-13-15-17-19-20-21-22-23-24-25-27-29-31-33-35-37-39-41-46(54)64-44(43-63-66(60,61)65-52-50(58)48(56)47(55)49(57)51(52)59)42-62-45(53)40-38-36-34-32-30-28-26-18-16-14-12-10-8-6-4-2/h28,30,44,47-52,55-59H,3-27,29,31-43H2,1-2H3,(H,60,61)/b30-28+/t44-,47?,48-,49?,50?,51?,52?/m1/s1. The first-order chi connectivity index (χ1) is 31.9. The van der Waals surface area contributed by atoms with E-state index in [4.69, 9.17) is 18.5 Å². The summed E-state index contributed by atoms with van der Waals surface area (Å²) in [5.74, 6) is -1.10. The van der Waals surface area contributed by atoms with E-state index in [9.17, 15) is 44.6 Å². The van der Waals surface area contributed by atoms with Crippen LogP contribution in [0.5, 0.6) is 0 Å². The molecule has 0 bridgehead atoms. The molecule has 0 spiro atoms. The van der Waals surface area contributed by atoms with Gasteiger partial charge in [-0.2, -0.15) is 0 Å². The van der Waals surface area contributed by atoms with Crippen molar-refractivity contribution < 1.29 is 63.1 Å². The second kappa shape index (κ2) is 42.5. The fraction of sp³-hybridized carbons (Fsp3) is 0.923. The summed E-state index contributed by atoms with van der Waals surface area (Å²) in [6.07, 6.45) is 34.1. The highest BCUT2D eigenvalue weighted by Crippen LogP contribution is 2.47. The Labute approximate surface area is 401 Å². The Balaban J connectivity index is 2.35. The van der Waals surface area contributed by atoms with Crippen molar-refractivity contribution >= 4 is 19.8 Å². The third-order valence-electron chi connectivity index (χ3n) is 12.9. The maximum absolute atomic E-state index is 12.9. The molecule has 0 aromatic rings. The molecule has 6 unspecified atom stereocenters. The van der Waals surface area contributed by atoms with Gasteiger partial charge in [0.15, 0.2) is 6.10 Å². The summed E-state index contributed by atoms with van der Waals surface area (Å²) >= 11 is 0. The van der Waals surface area contributed by atoms with Crippen LogP contribution >= 0.6 is 7.82 Å². The minimum absolute atomic E-state index is 0.100. The van der Waals surface area contributed by atoms with Crippen molar-refractivity contribution in [2.75, 3.05) is 13.2 Å². The van der Waals surface area contributed by atoms with E-state index in [0.717, 1.165) is 44.9 Å². The van der Waals surface area contributed by atoms with Crippen LogP contribution in [0.3, 0.4) is 0 Å². The molecule has 8 atom stereocenters. The minimum Gasteiger partial charge on any atom is -0.462 e. The van der Waals surface area contributed by atoms with Crippen LogP contribution in [0.2, 0.25) is 0 Å². The number of unbranched alkanes of at least 4 members (excludes halogenated alkanes) is 32. The summed E-state index contributed by atoms with van der Waals surface area (Å²) in [5, 5.41) is 50.3. The number of phosphoric acid groups is 1. The fourth-order valence-corrected chi connectivity index (χ4v) is 9.49. The summed E-state index contributed by atoms with van der Waals surface area (Å²) in [4.78, 5) is 35.8. The van der Waals surface area contributed by atoms with Gasteiger partial charge in [-0.05, 0) is 38.5 Å². The van der Waals surface area contributed by atoms with Gasteiger partial charge in [-0.15, -0.1) is 0 Å². The zero-order valence-corrected chi connectivity index (χ0v) is 42.7. The van der Waals surface area contributed by atoms with Gasteiger partial charge in [0.25, 0.3) is 0 Å². The number of rotatable bonds is 46. The van der Waals surface area contributed by atoms with Gasteiger partial charge in [0.1, 0.15) is 43.2 Å². The largest absolute Gasteiger partial charge is 0.472 e. The number of allylic oxidation sites excluding steroid dienone is 2. The zero-order chi connectivity index (χ0) is 48.5. The molecule has 1 fully saturated rings. The number of aliphatic hydroxyl groups is 5. The number of phosphoric ester groups is 1. The van der Waals surface area contributed by atoms with Crippen LogP contribution in [0.15, 0.2) is 12.2 Å². The van der Waals surface area contributed by atoms with Crippen molar-refractivity contribution in [3.63, 3.8) is 0 Å². The average Bonchev–Trinajstić information content (AvgIpc) is 3.30. The van der Waals surface area contributed by atoms with Crippen molar-refractivity contribution in [1.82, 2.24) is 0 Å². The Morgan fingerprint density at radius 2 is 0.773 bits per heavy atom. The molecule has 6 N–H and O–H groups in total. The lowest BCUT2D eigenvalue weighted by atomic mass is 9.85. The molecule has 0 aromatic carbocycles. The monoisotopic (exact) mass is 963 g/mol. The Hall–Kier alpha value is -1.41. The Morgan fingerprint density at radius 3 is 1.17 bits per heavy atom. The van der Waals surface area contributed by atoms with Crippen LogP contribution in [-0.4, -0.2) is 98.3 Å². The molecule has 390 valence electrons. The predicted octanol–water partition coefficient (Wildman–Crippen LogP) is 11.8. The molecule has 0 saturated heterocycles. The molecule has 0 radical (unpaired) electrons. The van der Waals surface area contributed by atoms with E-state index >= 15 is 0 Å². The minimum atomic E-state index is -5.12. The summed E-state index contributed by atoms with van der Waals surface area (Å²) in [5.41, 5.74) is 0. The summed E-state index contributed by atoms with van der Waals surface area (Å²) in [6.45, 7) is 3.33. The lowest BCUT2D eigenvalue weighted by molar-refractivity contribution is -0.220. The quantitative estimate of drug-likeness (QED) is 0.0145. The van der Waals surface area contributed by atoms with Crippen molar-refractivity contribution in [1.29, 1.82) is 0 Å².